The van der Waals surface area contributed by atoms with Gasteiger partial charge in [0.2, 0.25) is 0 Å². The van der Waals surface area contributed by atoms with Crippen molar-refractivity contribution in [2.45, 2.75) is 6.92 Å². The number of carbonyl (C=O) groups is 1. The van der Waals surface area contributed by atoms with E-state index in [1.165, 1.54) is 14.0 Å². The van der Waals surface area contributed by atoms with E-state index in [0.717, 1.165) is 5.01 Å². The van der Waals surface area contributed by atoms with Gasteiger partial charge in [-0.25, -0.2) is 0 Å². The van der Waals surface area contributed by atoms with Crippen LogP contribution in [0, 0.1) is 5.39 Å². The van der Waals surface area contributed by atoms with E-state index >= 15 is 0 Å². The summed E-state index contributed by atoms with van der Waals surface area (Å²) in [5.74, 6) is -0.289. The van der Waals surface area contributed by atoms with Gasteiger partial charge in [0.25, 0.3) is 11.3 Å². The van der Waals surface area contributed by atoms with E-state index in [1.54, 1.807) is 0 Å². The Hall–Kier alpha value is -1.11. The van der Waals surface area contributed by atoms with Gasteiger partial charge in [0.15, 0.2) is 0 Å². The molecule has 0 saturated heterocycles. The predicted octanol–water partition coefficient (Wildman–Crippen LogP) is 0.233. The molecule has 7 heavy (non-hydrogen) atoms. The van der Waals surface area contributed by atoms with E-state index in [4.69, 9.17) is 5.39 Å². The number of rotatable bonds is 0. The fraction of sp³-hybridized carbons (Fsp3) is 0.667. The third-order valence-electron chi connectivity index (χ3n) is 0.590. The average Bonchev–Trinajstić information content (AvgIpc) is 1.65. The molecule has 0 radical (unpaired) electrons. The minimum absolute atomic E-state index is 0.289. The highest BCUT2D eigenvalue weighted by atomic mass is 16.2. The summed E-state index contributed by atoms with van der Waals surface area (Å²) >= 11 is 0. The van der Waals surface area contributed by atoms with Gasteiger partial charge in [0, 0.05) is 11.9 Å². The van der Waals surface area contributed by atoms with Crippen molar-refractivity contribution in [3.8, 4) is 0 Å². The second-order valence-electron chi connectivity index (χ2n) is 1.13. The van der Waals surface area contributed by atoms with Crippen LogP contribution in [0.15, 0.2) is 0 Å². The van der Waals surface area contributed by atoms with Crippen molar-refractivity contribution in [3.63, 3.8) is 0 Å². The molecule has 4 heteroatoms. The lowest BCUT2D eigenvalue weighted by Crippen LogP contribution is -2.13. The van der Waals surface area contributed by atoms with Crippen LogP contribution in [0.4, 0.5) is 0 Å². The van der Waals surface area contributed by atoms with Gasteiger partial charge < -0.3 is 0 Å². The van der Waals surface area contributed by atoms with Gasteiger partial charge in [0.1, 0.15) is 0 Å². The van der Waals surface area contributed by atoms with Gasteiger partial charge in [-0.3, -0.25) is 4.79 Å². The lowest BCUT2D eigenvalue weighted by Gasteiger charge is -1.81. The molecule has 0 aromatic rings. The molecule has 0 bridgehead atoms. The largest absolute Gasteiger partial charge is 0.313 e. The van der Waals surface area contributed by atoms with E-state index < -0.39 is 0 Å². The molecule has 0 aliphatic heterocycles. The third-order valence-corrected chi connectivity index (χ3v) is 0.590. The van der Waals surface area contributed by atoms with Crippen LogP contribution in [0.5, 0.6) is 0 Å². The van der Waals surface area contributed by atoms with Crippen LogP contribution in [-0.2, 0) is 4.79 Å². The van der Waals surface area contributed by atoms with Gasteiger partial charge >= 0.3 is 5.08 Å². The third kappa shape index (κ3) is 1.71. The second-order valence-corrected chi connectivity index (χ2v) is 1.13. The number of hydrogen-bond donors (Lipinski definition) is 0. The molecule has 1 amide bonds. The quantitative estimate of drug-likeness (QED) is 0.323. The monoisotopic (exact) mass is 100 g/mol. The molecule has 0 aromatic heterocycles. The number of amides is 1. The van der Waals surface area contributed by atoms with E-state index in [1.807, 2.05) is 0 Å². The first kappa shape index (κ1) is 5.89. The Labute approximate surface area is 41.3 Å². The van der Waals surface area contributed by atoms with Crippen LogP contribution in [0.3, 0.4) is 0 Å². The fourth-order valence-corrected chi connectivity index (χ4v) is 0.0630. The van der Waals surface area contributed by atoms with Crippen molar-refractivity contribution in [1.29, 1.82) is 5.39 Å². The smallest absolute Gasteiger partial charge is 0.268 e. The zero-order chi connectivity index (χ0) is 5.86. The topological polar surface area (TPSA) is 48.5 Å². The Morgan fingerprint density at radius 1 is 1.86 bits per heavy atom. The molecule has 0 N–H and O–H groups in total. The van der Waals surface area contributed by atoms with Gasteiger partial charge in [-0.2, -0.15) is 0 Å². The van der Waals surface area contributed by atoms with Crippen LogP contribution in [0.2, 0.25) is 0 Å². The summed E-state index contributed by atoms with van der Waals surface area (Å²) in [6.07, 6.45) is 0. The van der Waals surface area contributed by atoms with Gasteiger partial charge in [-0.1, -0.05) is 0 Å². The van der Waals surface area contributed by atoms with Crippen molar-refractivity contribution in [2.75, 3.05) is 7.05 Å². The number of hydrogen-bond acceptors (Lipinski definition) is 2. The first-order valence-electron chi connectivity index (χ1n) is 1.77. The summed E-state index contributed by atoms with van der Waals surface area (Å²) in [7, 11) is 1.36. The van der Waals surface area contributed by atoms with E-state index in [0.29, 0.717) is 0 Å². The minimum Gasteiger partial charge on any atom is -0.268 e. The minimum atomic E-state index is -0.289. The first-order valence-corrected chi connectivity index (χ1v) is 1.77. The Morgan fingerprint density at radius 2 is 2.29 bits per heavy atom. The SMILES string of the molecule is CC(=O)N(C)[N+]#N. The van der Waals surface area contributed by atoms with Crippen LogP contribution < -0.4 is 0 Å². The zero-order valence-corrected chi connectivity index (χ0v) is 4.25. The summed E-state index contributed by atoms with van der Waals surface area (Å²) in [5.41, 5.74) is 0. The van der Waals surface area contributed by atoms with E-state index in [-0.39, 0.29) is 5.91 Å². The molecular weight excluding hydrogens is 94.1 g/mol. The maximum absolute atomic E-state index is 10.0. The Bertz CT molecular complexity index is 114. The summed E-state index contributed by atoms with van der Waals surface area (Å²) in [5, 5.41) is 11.2. The van der Waals surface area contributed by atoms with Gasteiger partial charge in [0.05, 0.1) is 7.05 Å². The molecule has 0 aliphatic rings. The maximum atomic E-state index is 10.0. The van der Waals surface area contributed by atoms with Crippen LogP contribution >= 0.6 is 0 Å². The highest BCUT2D eigenvalue weighted by molar-refractivity contribution is 5.73. The number of diazo groups is 1. The molecular formula is C3H6N3O+. The van der Waals surface area contributed by atoms with Crippen molar-refractivity contribution >= 4 is 5.91 Å². The molecule has 4 nitrogen and oxygen atoms in total. The van der Waals surface area contributed by atoms with Crippen LogP contribution in [0.25, 0.3) is 5.08 Å². The molecule has 0 saturated carbocycles. The lowest BCUT2D eigenvalue weighted by atomic mass is 10.7. The van der Waals surface area contributed by atoms with Crippen LogP contribution in [0.1, 0.15) is 6.92 Å². The summed E-state index contributed by atoms with van der Waals surface area (Å²) in [6, 6.07) is 0. The lowest BCUT2D eigenvalue weighted by molar-refractivity contribution is -0.125. The molecule has 0 atom stereocenters. The zero-order valence-electron chi connectivity index (χ0n) is 4.25. The number of carbonyl (C=O) groups excluding carboxylic acids is 1. The molecule has 0 spiro atoms. The second kappa shape index (κ2) is 2.13. The Kier molecular flexibility index (Phi) is 1.79. The summed E-state index contributed by atoms with van der Waals surface area (Å²) < 4.78 is 0. The van der Waals surface area contributed by atoms with Crippen molar-refractivity contribution in [2.24, 2.45) is 0 Å². The molecule has 0 rings (SSSR count). The van der Waals surface area contributed by atoms with Gasteiger partial charge in [-0.05, 0) is 0 Å². The first-order chi connectivity index (χ1) is 3.18. The van der Waals surface area contributed by atoms with Crippen LogP contribution in [-0.4, -0.2) is 18.0 Å². The van der Waals surface area contributed by atoms with Crippen molar-refractivity contribution in [1.82, 2.24) is 5.01 Å². The summed E-state index contributed by atoms with van der Waals surface area (Å²) in [4.78, 5) is 10.0. The Morgan fingerprint density at radius 3 is 2.29 bits per heavy atom. The fourth-order valence-electron chi connectivity index (χ4n) is 0.0630. The average molecular weight is 100 g/mol. The normalized spacial score (nSPS) is 7.00. The molecule has 0 aromatic carbocycles. The molecule has 0 aliphatic carbocycles. The van der Waals surface area contributed by atoms with Crippen molar-refractivity contribution in [3.05, 3.63) is 5.08 Å². The molecule has 38 valence electrons. The molecule has 0 unspecified atom stereocenters. The standard InChI is InChI=1S/C3H6N3O/c1-3(7)6(2)5-4/h1-2H3/q+1. The highest BCUT2D eigenvalue weighted by Crippen LogP contribution is 1.79. The molecule has 0 heterocycles. The highest BCUT2D eigenvalue weighted by Gasteiger charge is 2.08. The van der Waals surface area contributed by atoms with Crippen molar-refractivity contribution < 1.29 is 4.79 Å². The Balaban J connectivity index is 3.63. The van der Waals surface area contributed by atoms with E-state index in [2.05, 4.69) is 5.08 Å². The van der Waals surface area contributed by atoms with Gasteiger partial charge in [-0.15, -0.1) is 0 Å². The van der Waals surface area contributed by atoms with E-state index in [9.17, 15) is 4.79 Å². The number of nitrogens with zero attached hydrogens (tertiary/aromatic N) is 3. The predicted molar refractivity (Wildman–Crippen MR) is 23.5 cm³/mol. The maximum Gasteiger partial charge on any atom is 0.313 e. The molecule has 0 fully saturated rings. The summed E-state index contributed by atoms with van der Waals surface area (Å²) in [6.45, 7) is 1.31.